The van der Waals surface area contributed by atoms with Gasteiger partial charge in [0.1, 0.15) is 23.4 Å². The molecule has 1 N–H and O–H groups in total. The number of hydrogen-bond acceptors (Lipinski definition) is 3. The van der Waals surface area contributed by atoms with Crippen LogP contribution in [0.2, 0.25) is 0 Å². The third kappa shape index (κ3) is 2.69. The van der Waals surface area contributed by atoms with E-state index < -0.39 is 5.82 Å². The number of nitrogens with zero attached hydrogens (tertiary/aromatic N) is 1. The molecule has 1 heterocycles. The Morgan fingerprint density at radius 3 is 2.72 bits per heavy atom. The van der Waals surface area contributed by atoms with Crippen LogP contribution in [-0.2, 0) is 13.0 Å². The fourth-order valence-corrected chi connectivity index (χ4v) is 1.62. The van der Waals surface area contributed by atoms with E-state index >= 15 is 0 Å². The maximum Gasteiger partial charge on any atom is 0.141 e. The Hall–Kier alpha value is -2.28. The first-order valence-electron chi connectivity index (χ1n) is 5.74. The molecule has 0 fully saturated rings. The molecule has 0 amide bonds. The maximum absolute atomic E-state index is 13.1. The molecule has 0 aliphatic rings. The van der Waals surface area contributed by atoms with Crippen molar-refractivity contribution in [2.45, 2.75) is 19.9 Å². The van der Waals surface area contributed by atoms with Crippen LogP contribution in [0.15, 0.2) is 34.7 Å². The van der Waals surface area contributed by atoms with Crippen LogP contribution in [0.3, 0.4) is 0 Å². The highest BCUT2D eigenvalue weighted by Crippen LogP contribution is 2.16. The molecule has 0 saturated carbocycles. The molecule has 0 atom stereocenters. The van der Waals surface area contributed by atoms with Gasteiger partial charge in [0.2, 0.25) is 0 Å². The van der Waals surface area contributed by atoms with E-state index in [0.29, 0.717) is 12.2 Å². The summed E-state index contributed by atoms with van der Waals surface area (Å²) < 4.78 is 18.6. The number of benzene rings is 1. The molecule has 0 saturated heterocycles. The van der Waals surface area contributed by atoms with E-state index in [4.69, 9.17) is 9.68 Å². The SMILES string of the molecule is CCc1ccc(CNc2ccc(F)c(C#N)c2)o1. The minimum Gasteiger partial charge on any atom is -0.464 e. The van der Waals surface area contributed by atoms with Gasteiger partial charge in [-0.2, -0.15) is 5.26 Å². The standard InChI is InChI=1S/C14H13FN2O/c1-2-12-4-5-13(18-12)9-17-11-3-6-14(15)10(7-11)8-16/h3-7,17H,2,9H2,1H3. The molecule has 2 aromatic rings. The molecule has 18 heavy (non-hydrogen) atoms. The summed E-state index contributed by atoms with van der Waals surface area (Å²) in [6.45, 7) is 2.53. The van der Waals surface area contributed by atoms with Crippen LogP contribution in [0, 0.1) is 17.1 Å². The van der Waals surface area contributed by atoms with Crippen molar-refractivity contribution in [3.63, 3.8) is 0 Å². The van der Waals surface area contributed by atoms with Crippen LogP contribution in [-0.4, -0.2) is 0 Å². The summed E-state index contributed by atoms with van der Waals surface area (Å²) in [6, 6.07) is 10.0. The Kier molecular flexibility index (Phi) is 3.63. The first-order chi connectivity index (χ1) is 8.72. The van der Waals surface area contributed by atoms with Crippen molar-refractivity contribution in [1.29, 1.82) is 5.26 Å². The summed E-state index contributed by atoms with van der Waals surface area (Å²) in [7, 11) is 0. The van der Waals surface area contributed by atoms with Gasteiger partial charge in [-0.1, -0.05) is 6.92 Å². The fraction of sp³-hybridized carbons (Fsp3) is 0.214. The van der Waals surface area contributed by atoms with Gasteiger partial charge in [-0.25, -0.2) is 4.39 Å². The van der Waals surface area contributed by atoms with Crippen molar-refractivity contribution < 1.29 is 8.81 Å². The quantitative estimate of drug-likeness (QED) is 0.895. The molecule has 3 nitrogen and oxygen atoms in total. The van der Waals surface area contributed by atoms with E-state index in [1.807, 2.05) is 25.1 Å². The van der Waals surface area contributed by atoms with Crippen LogP contribution < -0.4 is 5.32 Å². The number of nitriles is 1. The Morgan fingerprint density at radius 2 is 2.06 bits per heavy atom. The molecular weight excluding hydrogens is 231 g/mol. The second kappa shape index (κ2) is 5.37. The highest BCUT2D eigenvalue weighted by molar-refractivity contribution is 5.49. The number of hydrogen-bond donors (Lipinski definition) is 1. The second-order valence-electron chi connectivity index (χ2n) is 3.88. The van der Waals surface area contributed by atoms with Gasteiger partial charge in [-0.15, -0.1) is 0 Å². The van der Waals surface area contributed by atoms with Crippen molar-refractivity contribution in [3.05, 3.63) is 53.2 Å². The van der Waals surface area contributed by atoms with E-state index in [1.165, 1.54) is 12.1 Å². The molecule has 0 spiro atoms. The lowest BCUT2D eigenvalue weighted by Gasteiger charge is -2.05. The largest absolute Gasteiger partial charge is 0.464 e. The van der Waals surface area contributed by atoms with Crippen LogP contribution in [0.1, 0.15) is 24.0 Å². The molecule has 0 bridgehead atoms. The van der Waals surface area contributed by atoms with Crippen molar-refractivity contribution in [2.75, 3.05) is 5.32 Å². The minimum absolute atomic E-state index is 0.0358. The predicted molar refractivity (Wildman–Crippen MR) is 66.5 cm³/mol. The molecule has 0 aliphatic carbocycles. The van der Waals surface area contributed by atoms with Crippen LogP contribution >= 0.6 is 0 Å². The minimum atomic E-state index is -0.505. The Labute approximate surface area is 105 Å². The molecular formula is C14H13FN2O. The third-order valence-electron chi connectivity index (χ3n) is 2.62. The second-order valence-corrected chi connectivity index (χ2v) is 3.88. The number of rotatable bonds is 4. The van der Waals surface area contributed by atoms with Crippen molar-refractivity contribution in [2.24, 2.45) is 0 Å². The molecule has 4 heteroatoms. The highest BCUT2D eigenvalue weighted by atomic mass is 19.1. The average Bonchev–Trinajstić information content (AvgIpc) is 2.86. The monoisotopic (exact) mass is 244 g/mol. The number of anilines is 1. The normalized spacial score (nSPS) is 10.1. The van der Waals surface area contributed by atoms with Crippen LogP contribution in [0.25, 0.3) is 0 Å². The van der Waals surface area contributed by atoms with Crippen molar-refractivity contribution >= 4 is 5.69 Å². The van der Waals surface area contributed by atoms with Crippen molar-refractivity contribution in [1.82, 2.24) is 0 Å². The maximum atomic E-state index is 13.1. The van der Waals surface area contributed by atoms with Gasteiger partial charge in [0.05, 0.1) is 12.1 Å². The lowest BCUT2D eigenvalue weighted by Crippen LogP contribution is -1.99. The van der Waals surface area contributed by atoms with Gasteiger partial charge in [0, 0.05) is 12.1 Å². The molecule has 2 rings (SSSR count). The zero-order valence-corrected chi connectivity index (χ0v) is 10.0. The Morgan fingerprint density at radius 1 is 1.28 bits per heavy atom. The van der Waals surface area contributed by atoms with E-state index in [1.54, 1.807) is 6.07 Å². The zero-order chi connectivity index (χ0) is 13.0. The predicted octanol–water partition coefficient (Wildman–Crippen LogP) is 3.46. The van der Waals surface area contributed by atoms with E-state index in [-0.39, 0.29) is 5.56 Å². The highest BCUT2D eigenvalue weighted by Gasteiger charge is 2.04. The molecule has 0 radical (unpaired) electrons. The smallest absolute Gasteiger partial charge is 0.141 e. The lowest BCUT2D eigenvalue weighted by atomic mass is 10.2. The summed E-state index contributed by atoms with van der Waals surface area (Å²) in [5, 5.41) is 11.8. The van der Waals surface area contributed by atoms with E-state index in [9.17, 15) is 4.39 Å². The van der Waals surface area contributed by atoms with Crippen LogP contribution in [0.4, 0.5) is 10.1 Å². The molecule has 0 aliphatic heterocycles. The third-order valence-corrected chi connectivity index (χ3v) is 2.62. The van der Waals surface area contributed by atoms with Gasteiger partial charge in [0.25, 0.3) is 0 Å². The van der Waals surface area contributed by atoms with Crippen molar-refractivity contribution in [3.8, 4) is 6.07 Å². The lowest BCUT2D eigenvalue weighted by molar-refractivity contribution is 0.476. The Balaban J connectivity index is 2.04. The number of nitrogens with one attached hydrogen (secondary N) is 1. The van der Waals surface area contributed by atoms with Gasteiger partial charge < -0.3 is 9.73 Å². The van der Waals surface area contributed by atoms with Crippen LogP contribution in [0.5, 0.6) is 0 Å². The summed E-state index contributed by atoms with van der Waals surface area (Å²) in [6.07, 6.45) is 0.856. The number of halogens is 1. The number of furan rings is 1. The summed E-state index contributed by atoms with van der Waals surface area (Å²) in [4.78, 5) is 0. The van der Waals surface area contributed by atoms with E-state index in [2.05, 4.69) is 5.32 Å². The first-order valence-corrected chi connectivity index (χ1v) is 5.74. The summed E-state index contributed by atoms with van der Waals surface area (Å²) in [5.41, 5.74) is 0.732. The Bertz CT molecular complexity index is 584. The van der Waals surface area contributed by atoms with Gasteiger partial charge >= 0.3 is 0 Å². The van der Waals surface area contributed by atoms with Gasteiger partial charge in [-0.05, 0) is 30.3 Å². The van der Waals surface area contributed by atoms with Gasteiger partial charge in [-0.3, -0.25) is 0 Å². The molecule has 1 aromatic heterocycles. The summed E-state index contributed by atoms with van der Waals surface area (Å²) >= 11 is 0. The molecule has 0 unspecified atom stereocenters. The topological polar surface area (TPSA) is 49.0 Å². The summed E-state index contributed by atoms with van der Waals surface area (Å²) in [5.74, 6) is 1.24. The van der Waals surface area contributed by atoms with Gasteiger partial charge in [0.15, 0.2) is 0 Å². The molecule has 1 aromatic carbocycles. The fourth-order valence-electron chi connectivity index (χ4n) is 1.62. The first kappa shape index (κ1) is 12.2. The van der Waals surface area contributed by atoms with E-state index in [0.717, 1.165) is 17.9 Å². The molecule has 92 valence electrons. The number of aryl methyl sites for hydroxylation is 1. The zero-order valence-electron chi connectivity index (χ0n) is 10.0. The average molecular weight is 244 g/mol.